The Morgan fingerprint density at radius 1 is 1.05 bits per heavy atom. The number of aliphatic hydroxyl groups is 1. The Bertz CT molecular complexity index is 307. The first-order valence-corrected chi connectivity index (χ1v) is 6.29. The molecule has 110 valence electrons. The number of aldehydes is 1. The molecule has 2 aliphatic rings. The zero-order valence-corrected chi connectivity index (χ0v) is 10.5. The van der Waals surface area contributed by atoms with Crippen molar-refractivity contribution in [3.63, 3.8) is 0 Å². The lowest BCUT2D eigenvalue weighted by Crippen LogP contribution is -2.27. The van der Waals surface area contributed by atoms with E-state index >= 15 is 0 Å². The highest BCUT2D eigenvalue weighted by Crippen LogP contribution is 2.08. The van der Waals surface area contributed by atoms with Crippen molar-refractivity contribution in [2.45, 2.75) is 33.1 Å². The molecule has 1 N–H and O–H groups in total. The van der Waals surface area contributed by atoms with Gasteiger partial charge in [0, 0.05) is 32.5 Å². The fraction of sp³-hybridized carbons (Fsp3) is 0.769. The summed E-state index contributed by atoms with van der Waals surface area (Å²) in [6.45, 7) is 2.47. The number of nitrogens with zero attached hydrogens (tertiary/aromatic N) is 2. The van der Waals surface area contributed by atoms with Crippen LogP contribution in [-0.2, 0) is 14.4 Å². The first-order valence-electron chi connectivity index (χ1n) is 6.29. The third kappa shape index (κ3) is 5.83. The second-order valence-electron chi connectivity index (χ2n) is 4.32. The summed E-state index contributed by atoms with van der Waals surface area (Å²) in [5.74, 6) is 0.297. The quantitative estimate of drug-likeness (QED) is 0.733. The van der Waals surface area contributed by atoms with E-state index in [0.29, 0.717) is 19.4 Å². The average molecular weight is 272 g/mol. The molecule has 0 spiro atoms. The van der Waals surface area contributed by atoms with Crippen LogP contribution < -0.4 is 0 Å². The Labute approximate surface area is 114 Å². The van der Waals surface area contributed by atoms with E-state index in [2.05, 4.69) is 0 Å². The van der Waals surface area contributed by atoms with Crippen LogP contribution in [0, 0.1) is 0 Å². The number of carbonyl (C=O) groups excluding carboxylic acids is 3. The van der Waals surface area contributed by atoms with Gasteiger partial charge in [0.2, 0.25) is 11.8 Å². The first-order chi connectivity index (χ1) is 8.69. The standard InChI is InChI=1S/C6H11NO2.C6H9NO2.CH4/c2*8-5-4-7-3-1-2-6(7)9;/h8H,1-5H2;5H,1-4H2;1H4. The molecule has 0 aromatic rings. The topological polar surface area (TPSA) is 77.9 Å². The normalized spacial score (nSPS) is 17.9. The van der Waals surface area contributed by atoms with E-state index in [9.17, 15) is 14.4 Å². The molecule has 2 fully saturated rings. The lowest BCUT2D eigenvalue weighted by Gasteiger charge is -2.11. The molecule has 0 bridgehead atoms. The summed E-state index contributed by atoms with van der Waals surface area (Å²) >= 11 is 0. The van der Waals surface area contributed by atoms with E-state index in [1.807, 2.05) is 0 Å². The van der Waals surface area contributed by atoms with E-state index < -0.39 is 0 Å². The first kappa shape index (κ1) is 17.6. The Kier molecular flexibility index (Phi) is 8.78. The van der Waals surface area contributed by atoms with Crippen molar-refractivity contribution in [1.82, 2.24) is 9.80 Å². The van der Waals surface area contributed by atoms with Gasteiger partial charge in [0.25, 0.3) is 0 Å². The van der Waals surface area contributed by atoms with Crippen LogP contribution in [0.5, 0.6) is 0 Å². The summed E-state index contributed by atoms with van der Waals surface area (Å²) in [4.78, 5) is 34.7. The molecule has 2 heterocycles. The number of hydrogen-bond donors (Lipinski definition) is 1. The van der Waals surface area contributed by atoms with Crippen LogP contribution in [-0.4, -0.2) is 65.8 Å². The Morgan fingerprint density at radius 3 is 1.95 bits per heavy atom. The minimum absolute atomic E-state index is 0. The molecule has 0 unspecified atom stereocenters. The SMILES string of the molecule is C.O=C1CCCN1CCO.O=CCN1CCCC1=O. The van der Waals surface area contributed by atoms with Gasteiger partial charge in [-0.1, -0.05) is 7.43 Å². The molecule has 19 heavy (non-hydrogen) atoms. The fourth-order valence-electron chi connectivity index (χ4n) is 2.05. The molecule has 0 radical (unpaired) electrons. The molecule has 0 aromatic carbocycles. The van der Waals surface area contributed by atoms with E-state index in [4.69, 9.17) is 5.11 Å². The number of aliphatic hydroxyl groups excluding tert-OH is 1. The summed E-state index contributed by atoms with van der Waals surface area (Å²) in [6.07, 6.45) is 3.92. The molecule has 2 rings (SSSR count). The number of amides is 2. The molecular weight excluding hydrogens is 248 g/mol. The van der Waals surface area contributed by atoms with Gasteiger partial charge >= 0.3 is 0 Å². The number of rotatable bonds is 4. The number of likely N-dealkylation sites (tertiary alicyclic amines) is 2. The smallest absolute Gasteiger partial charge is 0.223 e. The van der Waals surface area contributed by atoms with Gasteiger partial charge in [0.1, 0.15) is 6.29 Å². The van der Waals surface area contributed by atoms with Gasteiger partial charge in [-0.15, -0.1) is 0 Å². The van der Waals surface area contributed by atoms with Gasteiger partial charge in [0.05, 0.1) is 13.2 Å². The Morgan fingerprint density at radius 2 is 1.58 bits per heavy atom. The highest BCUT2D eigenvalue weighted by atomic mass is 16.3. The van der Waals surface area contributed by atoms with E-state index in [-0.39, 0.29) is 32.4 Å². The largest absolute Gasteiger partial charge is 0.395 e. The van der Waals surface area contributed by atoms with Crippen LogP contribution in [0.25, 0.3) is 0 Å². The third-order valence-corrected chi connectivity index (χ3v) is 3.01. The van der Waals surface area contributed by atoms with Crippen molar-refractivity contribution in [1.29, 1.82) is 0 Å². The summed E-state index contributed by atoms with van der Waals surface area (Å²) in [5.41, 5.74) is 0. The van der Waals surface area contributed by atoms with Gasteiger partial charge in [-0.05, 0) is 12.8 Å². The van der Waals surface area contributed by atoms with Gasteiger partial charge < -0.3 is 19.7 Å². The molecule has 6 nitrogen and oxygen atoms in total. The highest BCUT2D eigenvalue weighted by molar-refractivity contribution is 5.80. The fourth-order valence-corrected chi connectivity index (χ4v) is 2.05. The monoisotopic (exact) mass is 272 g/mol. The van der Waals surface area contributed by atoms with Gasteiger partial charge in [-0.3, -0.25) is 9.59 Å². The van der Waals surface area contributed by atoms with Crippen LogP contribution in [0.1, 0.15) is 33.1 Å². The molecule has 0 aliphatic carbocycles. The van der Waals surface area contributed by atoms with Crippen molar-refractivity contribution < 1.29 is 19.5 Å². The van der Waals surface area contributed by atoms with Crippen LogP contribution in [0.3, 0.4) is 0 Å². The van der Waals surface area contributed by atoms with Crippen molar-refractivity contribution in [2.24, 2.45) is 0 Å². The maximum atomic E-state index is 10.8. The van der Waals surface area contributed by atoms with Crippen molar-refractivity contribution in [2.75, 3.05) is 32.8 Å². The molecule has 0 saturated carbocycles. The lowest BCUT2D eigenvalue weighted by molar-refractivity contribution is -0.129. The van der Waals surface area contributed by atoms with Crippen molar-refractivity contribution >= 4 is 18.1 Å². The minimum Gasteiger partial charge on any atom is -0.395 e. The summed E-state index contributed by atoms with van der Waals surface area (Å²) in [5, 5.41) is 8.45. The van der Waals surface area contributed by atoms with Gasteiger partial charge in [-0.2, -0.15) is 0 Å². The molecule has 6 heteroatoms. The second kappa shape index (κ2) is 9.49. The second-order valence-corrected chi connectivity index (χ2v) is 4.32. The van der Waals surface area contributed by atoms with Gasteiger partial charge in [0.15, 0.2) is 0 Å². The van der Waals surface area contributed by atoms with E-state index in [0.717, 1.165) is 32.2 Å². The van der Waals surface area contributed by atoms with Crippen molar-refractivity contribution in [3.05, 3.63) is 0 Å². The number of β-amino-alcohol motifs (C(OH)–C–C–N with tert-alkyl or cyclic N) is 1. The molecule has 2 saturated heterocycles. The maximum absolute atomic E-state index is 10.8. The number of carbonyl (C=O) groups is 3. The van der Waals surface area contributed by atoms with Crippen LogP contribution in [0.2, 0.25) is 0 Å². The van der Waals surface area contributed by atoms with Crippen molar-refractivity contribution in [3.8, 4) is 0 Å². The maximum Gasteiger partial charge on any atom is 0.223 e. The zero-order chi connectivity index (χ0) is 13.4. The summed E-state index contributed by atoms with van der Waals surface area (Å²) in [7, 11) is 0. The molecule has 2 aliphatic heterocycles. The predicted molar refractivity (Wildman–Crippen MR) is 71.5 cm³/mol. The Balaban J connectivity index is 0.000000324. The molecule has 0 aromatic heterocycles. The molecule has 0 atom stereocenters. The van der Waals surface area contributed by atoms with E-state index in [1.165, 1.54) is 0 Å². The lowest BCUT2D eigenvalue weighted by atomic mass is 10.4. The predicted octanol–water partition coefficient (Wildman–Crippen LogP) is 0.0449. The van der Waals surface area contributed by atoms with E-state index in [1.54, 1.807) is 9.80 Å². The molecular formula is C13H24N2O4. The summed E-state index contributed by atoms with van der Waals surface area (Å²) in [6, 6.07) is 0. The highest BCUT2D eigenvalue weighted by Gasteiger charge is 2.19. The third-order valence-electron chi connectivity index (χ3n) is 3.01. The summed E-state index contributed by atoms with van der Waals surface area (Å²) < 4.78 is 0. The van der Waals surface area contributed by atoms with Crippen LogP contribution >= 0.6 is 0 Å². The van der Waals surface area contributed by atoms with Gasteiger partial charge in [-0.25, -0.2) is 0 Å². The van der Waals surface area contributed by atoms with Crippen LogP contribution in [0.15, 0.2) is 0 Å². The minimum atomic E-state index is 0. The van der Waals surface area contributed by atoms with Crippen LogP contribution in [0.4, 0.5) is 0 Å². The average Bonchev–Trinajstić information content (AvgIpc) is 2.92. The zero-order valence-electron chi connectivity index (χ0n) is 10.5. The Hall–Kier alpha value is -1.43. The number of hydrogen-bond acceptors (Lipinski definition) is 4. The molecule has 2 amide bonds.